The fraction of sp³-hybridized carbons (Fsp3) is 0.375. The van der Waals surface area contributed by atoms with Crippen molar-refractivity contribution in [2.75, 3.05) is 0 Å². The Balaban J connectivity index is 1.97. The molecule has 0 aliphatic rings. The number of imidazole rings is 1. The van der Waals surface area contributed by atoms with Crippen molar-refractivity contribution in [2.45, 2.75) is 39.7 Å². The third-order valence-electron chi connectivity index (χ3n) is 3.46. The van der Waals surface area contributed by atoms with Crippen molar-refractivity contribution in [3.8, 4) is 0 Å². The number of thiazole rings is 1. The average molecular weight is 285 g/mol. The molecule has 2 aromatic heterocycles. The van der Waals surface area contributed by atoms with E-state index in [-0.39, 0.29) is 5.41 Å². The molecular weight excluding hydrogens is 266 g/mol. The number of benzene rings is 1. The van der Waals surface area contributed by atoms with Crippen LogP contribution in [0.15, 0.2) is 29.6 Å². The molecule has 0 bridgehead atoms. The molecule has 0 aliphatic carbocycles. The van der Waals surface area contributed by atoms with Gasteiger partial charge in [-0.25, -0.2) is 9.97 Å². The summed E-state index contributed by atoms with van der Waals surface area (Å²) in [6.07, 6.45) is 0. The molecule has 0 radical (unpaired) electrons. The predicted octanol–water partition coefficient (Wildman–Crippen LogP) is 4.15. The number of hydrogen-bond donors (Lipinski definition) is 0. The van der Waals surface area contributed by atoms with Crippen LogP contribution in [-0.4, -0.2) is 14.5 Å². The van der Waals surface area contributed by atoms with Crippen LogP contribution >= 0.6 is 11.3 Å². The summed E-state index contributed by atoms with van der Waals surface area (Å²) in [6.45, 7) is 9.45. The molecule has 3 rings (SSSR count). The molecule has 0 amide bonds. The van der Waals surface area contributed by atoms with Crippen LogP contribution in [-0.2, 0) is 12.0 Å². The molecule has 0 aliphatic heterocycles. The lowest BCUT2D eigenvalue weighted by Crippen LogP contribution is -2.12. The zero-order chi connectivity index (χ0) is 14.3. The number of nitrogens with zero attached hydrogens (tertiary/aromatic N) is 3. The normalized spacial score (nSPS) is 12.2. The van der Waals surface area contributed by atoms with Crippen LogP contribution in [0, 0.1) is 6.92 Å². The van der Waals surface area contributed by atoms with Crippen LogP contribution in [0.25, 0.3) is 11.0 Å². The van der Waals surface area contributed by atoms with Gasteiger partial charge in [-0.2, -0.15) is 0 Å². The third kappa shape index (κ3) is 2.36. The summed E-state index contributed by atoms with van der Waals surface area (Å²) in [5.41, 5.74) is 3.51. The molecule has 0 fully saturated rings. The second-order valence-electron chi connectivity index (χ2n) is 6.11. The molecular formula is C16H19N3S. The Kier molecular flexibility index (Phi) is 3.13. The van der Waals surface area contributed by atoms with Crippen molar-refractivity contribution in [3.63, 3.8) is 0 Å². The average Bonchev–Trinajstić information content (AvgIpc) is 2.95. The van der Waals surface area contributed by atoms with E-state index in [1.807, 2.05) is 6.07 Å². The first-order chi connectivity index (χ1) is 9.45. The minimum absolute atomic E-state index is 0.112. The summed E-state index contributed by atoms with van der Waals surface area (Å²) in [7, 11) is 0. The van der Waals surface area contributed by atoms with Crippen LogP contribution in [0.3, 0.4) is 0 Å². The highest BCUT2D eigenvalue weighted by molar-refractivity contribution is 7.09. The lowest BCUT2D eigenvalue weighted by atomic mass is 9.93. The van der Waals surface area contributed by atoms with Gasteiger partial charge in [0.1, 0.15) is 10.8 Å². The van der Waals surface area contributed by atoms with Gasteiger partial charge in [-0.15, -0.1) is 11.3 Å². The van der Waals surface area contributed by atoms with Gasteiger partial charge in [0.2, 0.25) is 0 Å². The Morgan fingerprint density at radius 1 is 1.15 bits per heavy atom. The van der Waals surface area contributed by atoms with E-state index in [1.54, 1.807) is 11.3 Å². The van der Waals surface area contributed by atoms with E-state index in [4.69, 9.17) is 4.98 Å². The van der Waals surface area contributed by atoms with Gasteiger partial charge in [-0.1, -0.05) is 32.9 Å². The second-order valence-corrected chi connectivity index (χ2v) is 7.05. The molecule has 0 atom stereocenters. The minimum atomic E-state index is 0.112. The van der Waals surface area contributed by atoms with Crippen LogP contribution in [0.4, 0.5) is 0 Å². The lowest BCUT2D eigenvalue weighted by Gasteiger charge is -2.14. The minimum Gasteiger partial charge on any atom is -0.321 e. The molecule has 0 saturated heterocycles. The number of hydrogen-bond acceptors (Lipinski definition) is 3. The second kappa shape index (κ2) is 4.70. The zero-order valence-corrected chi connectivity index (χ0v) is 13.2. The maximum absolute atomic E-state index is 4.77. The Labute approximate surface area is 123 Å². The summed E-state index contributed by atoms with van der Waals surface area (Å²) in [5, 5.41) is 3.31. The Hall–Kier alpha value is -1.68. The summed E-state index contributed by atoms with van der Waals surface area (Å²) in [5.74, 6) is 1.04. The van der Waals surface area contributed by atoms with Gasteiger partial charge in [0.15, 0.2) is 0 Å². The van der Waals surface area contributed by atoms with Gasteiger partial charge in [0.25, 0.3) is 0 Å². The fourth-order valence-corrected chi connectivity index (χ4v) is 3.27. The number of aryl methyl sites for hydroxylation is 1. The van der Waals surface area contributed by atoms with Gasteiger partial charge in [0.05, 0.1) is 23.3 Å². The number of aromatic nitrogens is 3. The summed E-state index contributed by atoms with van der Waals surface area (Å²) >= 11 is 1.73. The molecule has 3 aromatic rings. The molecule has 4 heteroatoms. The van der Waals surface area contributed by atoms with E-state index >= 15 is 0 Å². The maximum atomic E-state index is 4.77. The third-order valence-corrected chi connectivity index (χ3v) is 4.29. The highest BCUT2D eigenvalue weighted by Gasteiger charge is 2.18. The molecule has 20 heavy (non-hydrogen) atoms. The van der Waals surface area contributed by atoms with Crippen LogP contribution in [0.5, 0.6) is 0 Å². The van der Waals surface area contributed by atoms with Gasteiger partial charge in [0, 0.05) is 10.8 Å². The first-order valence-electron chi connectivity index (χ1n) is 6.82. The predicted molar refractivity (Wildman–Crippen MR) is 84.4 cm³/mol. The number of fused-ring (bicyclic) bond motifs is 1. The monoisotopic (exact) mass is 285 g/mol. The fourth-order valence-electron chi connectivity index (χ4n) is 2.26. The quantitative estimate of drug-likeness (QED) is 0.708. The molecule has 2 heterocycles. The smallest absolute Gasteiger partial charge is 0.113 e. The van der Waals surface area contributed by atoms with Gasteiger partial charge in [-0.3, -0.25) is 0 Å². The van der Waals surface area contributed by atoms with E-state index in [9.17, 15) is 0 Å². The van der Waals surface area contributed by atoms with Crippen molar-refractivity contribution in [1.29, 1.82) is 0 Å². The molecule has 3 nitrogen and oxygen atoms in total. The van der Waals surface area contributed by atoms with Gasteiger partial charge in [-0.05, 0) is 19.1 Å². The first kappa shape index (κ1) is 13.3. The molecule has 0 unspecified atom stereocenters. The highest BCUT2D eigenvalue weighted by Crippen LogP contribution is 2.25. The summed E-state index contributed by atoms with van der Waals surface area (Å²) < 4.78 is 2.24. The molecule has 1 aromatic carbocycles. The van der Waals surface area contributed by atoms with Crippen molar-refractivity contribution in [3.05, 3.63) is 46.2 Å². The molecule has 0 spiro atoms. The van der Waals surface area contributed by atoms with E-state index in [1.165, 1.54) is 11.2 Å². The number of para-hydroxylation sites is 2. The van der Waals surface area contributed by atoms with Crippen molar-refractivity contribution >= 4 is 22.4 Å². The molecule has 0 N–H and O–H groups in total. The largest absolute Gasteiger partial charge is 0.321 e. The summed E-state index contributed by atoms with van der Waals surface area (Å²) in [4.78, 5) is 9.38. The van der Waals surface area contributed by atoms with Gasteiger partial charge >= 0.3 is 0 Å². The topological polar surface area (TPSA) is 30.7 Å². The van der Waals surface area contributed by atoms with E-state index in [0.717, 1.165) is 22.9 Å². The lowest BCUT2D eigenvalue weighted by molar-refractivity contribution is 0.569. The van der Waals surface area contributed by atoms with Crippen LogP contribution in [0.2, 0.25) is 0 Å². The standard InChI is InChI=1S/C16H19N3S/c1-11-17-12-7-5-6-8-13(12)19(11)9-15-18-14(10-20-15)16(2,3)4/h5-8,10H,9H2,1-4H3. The molecule has 0 saturated carbocycles. The highest BCUT2D eigenvalue weighted by atomic mass is 32.1. The Morgan fingerprint density at radius 3 is 2.60 bits per heavy atom. The van der Waals surface area contributed by atoms with Crippen molar-refractivity contribution in [1.82, 2.24) is 14.5 Å². The van der Waals surface area contributed by atoms with Crippen LogP contribution in [0.1, 0.15) is 37.3 Å². The van der Waals surface area contributed by atoms with Crippen molar-refractivity contribution in [2.24, 2.45) is 0 Å². The maximum Gasteiger partial charge on any atom is 0.113 e. The van der Waals surface area contributed by atoms with E-state index in [0.29, 0.717) is 0 Å². The van der Waals surface area contributed by atoms with Crippen LogP contribution < -0.4 is 0 Å². The molecule has 104 valence electrons. The number of rotatable bonds is 2. The van der Waals surface area contributed by atoms with E-state index < -0.39 is 0 Å². The zero-order valence-electron chi connectivity index (χ0n) is 12.3. The Bertz CT molecular complexity index is 747. The van der Waals surface area contributed by atoms with E-state index in [2.05, 4.69) is 60.8 Å². The Morgan fingerprint density at radius 2 is 1.90 bits per heavy atom. The van der Waals surface area contributed by atoms with Gasteiger partial charge < -0.3 is 4.57 Å². The summed E-state index contributed by atoms with van der Waals surface area (Å²) in [6, 6.07) is 8.26. The SMILES string of the molecule is Cc1nc2ccccc2n1Cc1nc(C(C)(C)C)cs1. The van der Waals surface area contributed by atoms with Crippen molar-refractivity contribution < 1.29 is 0 Å². The first-order valence-corrected chi connectivity index (χ1v) is 7.70.